The molecule has 0 aliphatic heterocycles. The number of hydrazone groups is 1. The number of carbonyl (C=O) groups excluding carboxylic acids is 1. The van der Waals surface area contributed by atoms with Crippen LogP contribution in [-0.2, 0) is 6.61 Å². The second-order valence-corrected chi connectivity index (χ2v) is 8.48. The van der Waals surface area contributed by atoms with E-state index in [0.29, 0.717) is 35.0 Å². The predicted octanol–water partition coefficient (Wildman–Crippen LogP) is 5.34. The Kier molecular flexibility index (Phi) is 9.41. The number of hydrogen-bond donors (Lipinski definition) is 1. The van der Waals surface area contributed by atoms with Crippen molar-refractivity contribution in [3.63, 3.8) is 0 Å². The fourth-order valence-electron chi connectivity index (χ4n) is 2.98. The Bertz CT molecular complexity index is 1200. The Morgan fingerprint density at radius 3 is 2.46 bits per heavy atom. The van der Waals surface area contributed by atoms with Crippen LogP contribution < -0.4 is 19.6 Å². The minimum Gasteiger partial charge on any atom is -0.494 e. The molecular weight excluding hydrogens is 565 g/mol. The summed E-state index contributed by atoms with van der Waals surface area (Å²) in [6.45, 7) is 2.87. The van der Waals surface area contributed by atoms with Crippen molar-refractivity contribution in [3.8, 4) is 17.2 Å². The third-order valence-electron chi connectivity index (χ3n) is 4.75. The molecule has 0 saturated heterocycles. The van der Waals surface area contributed by atoms with E-state index in [9.17, 15) is 14.9 Å². The molecule has 1 N–H and O–H groups in total. The van der Waals surface area contributed by atoms with Crippen LogP contribution >= 0.6 is 22.6 Å². The maximum absolute atomic E-state index is 12.3. The highest BCUT2D eigenvalue weighted by molar-refractivity contribution is 14.1. The summed E-state index contributed by atoms with van der Waals surface area (Å²) < 4.78 is 17.7. The zero-order chi connectivity index (χ0) is 25.2. The van der Waals surface area contributed by atoms with E-state index in [0.717, 1.165) is 15.6 Å². The van der Waals surface area contributed by atoms with Gasteiger partial charge in [0.25, 0.3) is 11.6 Å². The molecule has 0 atom stereocenters. The van der Waals surface area contributed by atoms with Crippen molar-refractivity contribution in [2.75, 3.05) is 13.7 Å². The topological polar surface area (TPSA) is 112 Å². The summed E-state index contributed by atoms with van der Waals surface area (Å²) in [5.41, 5.74) is 4.49. The molecule has 10 heteroatoms. The number of ether oxygens (including phenoxy) is 3. The van der Waals surface area contributed by atoms with Crippen molar-refractivity contribution in [3.05, 3.63) is 91.0 Å². The lowest BCUT2D eigenvalue weighted by Gasteiger charge is -2.13. The number of nitrogens with one attached hydrogen (secondary N) is 1. The molecule has 0 radical (unpaired) electrons. The number of amides is 1. The monoisotopic (exact) mass is 589 g/mol. The van der Waals surface area contributed by atoms with E-state index in [1.807, 2.05) is 13.0 Å². The summed E-state index contributed by atoms with van der Waals surface area (Å²) in [5.74, 6) is 1.41. The largest absolute Gasteiger partial charge is 0.494 e. The van der Waals surface area contributed by atoms with Gasteiger partial charge in [-0.3, -0.25) is 14.9 Å². The summed E-state index contributed by atoms with van der Waals surface area (Å²) in [4.78, 5) is 22.7. The van der Waals surface area contributed by atoms with Crippen LogP contribution in [-0.4, -0.2) is 30.8 Å². The van der Waals surface area contributed by atoms with Gasteiger partial charge in [0.05, 0.1) is 28.4 Å². The Balaban J connectivity index is 1.62. The molecule has 0 aromatic heterocycles. The van der Waals surface area contributed by atoms with Crippen molar-refractivity contribution in [1.82, 2.24) is 5.43 Å². The van der Waals surface area contributed by atoms with Crippen molar-refractivity contribution >= 4 is 40.4 Å². The maximum atomic E-state index is 12.3. The number of carbonyl (C=O) groups is 1. The molecule has 3 rings (SSSR count). The van der Waals surface area contributed by atoms with Gasteiger partial charge in [0.1, 0.15) is 12.4 Å². The first-order valence-corrected chi connectivity index (χ1v) is 11.8. The summed E-state index contributed by atoms with van der Waals surface area (Å²) in [7, 11) is 1.53. The van der Waals surface area contributed by atoms with E-state index in [2.05, 4.69) is 33.1 Å². The molecule has 0 aliphatic carbocycles. The van der Waals surface area contributed by atoms with Crippen LogP contribution in [0.25, 0.3) is 0 Å². The Morgan fingerprint density at radius 1 is 1.11 bits per heavy atom. The van der Waals surface area contributed by atoms with Crippen LogP contribution in [0.5, 0.6) is 17.2 Å². The van der Waals surface area contributed by atoms with Gasteiger partial charge in [0.2, 0.25) is 0 Å². The average molecular weight is 589 g/mol. The maximum Gasteiger partial charge on any atom is 0.271 e. The molecule has 0 unspecified atom stereocenters. The third kappa shape index (κ3) is 7.41. The van der Waals surface area contributed by atoms with Gasteiger partial charge in [0.15, 0.2) is 11.5 Å². The smallest absolute Gasteiger partial charge is 0.271 e. The molecule has 182 valence electrons. The van der Waals surface area contributed by atoms with Gasteiger partial charge in [-0.15, -0.1) is 0 Å². The third-order valence-corrected chi connectivity index (χ3v) is 5.55. The van der Waals surface area contributed by atoms with E-state index in [1.54, 1.807) is 42.5 Å². The highest BCUT2D eigenvalue weighted by Gasteiger charge is 2.12. The fraction of sp³-hybridized carbons (Fsp3) is 0.200. The predicted molar refractivity (Wildman–Crippen MR) is 140 cm³/mol. The summed E-state index contributed by atoms with van der Waals surface area (Å²) in [6.07, 6.45) is 2.43. The number of halogens is 1. The second-order valence-electron chi connectivity index (χ2n) is 7.32. The molecule has 3 aromatic carbocycles. The van der Waals surface area contributed by atoms with Crippen LogP contribution in [0, 0.1) is 13.7 Å². The molecule has 35 heavy (non-hydrogen) atoms. The number of nitro groups is 1. The average Bonchev–Trinajstić information content (AvgIpc) is 2.87. The number of methoxy groups -OCH3 is 1. The molecular formula is C25H24IN3O6. The molecule has 0 spiro atoms. The van der Waals surface area contributed by atoms with Crippen LogP contribution in [0.2, 0.25) is 0 Å². The normalized spacial score (nSPS) is 10.7. The lowest BCUT2D eigenvalue weighted by molar-refractivity contribution is -0.384. The highest BCUT2D eigenvalue weighted by Crippen LogP contribution is 2.34. The first-order chi connectivity index (χ1) is 16.9. The van der Waals surface area contributed by atoms with Crippen LogP contribution in [0.4, 0.5) is 5.69 Å². The Hall–Kier alpha value is -3.67. The zero-order valence-corrected chi connectivity index (χ0v) is 21.4. The number of rotatable bonds is 11. The van der Waals surface area contributed by atoms with Crippen molar-refractivity contribution in [1.29, 1.82) is 0 Å². The molecule has 0 aliphatic rings. The number of benzene rings is 3. The van der Waals surface area contributed by atoms with E-state index in [1.165, 1.54) is 25.5 Å². The van der Waals surface area contributed by atoms with Crippen molar-refractivity contribution in [2.24, 2.45) is 5.10 Å². The fourth-order valence-corrected chi connectivity index (χ4v) is 3.76. The van der Waals surface area contributed by atoms with E-state index < -0.39 is 4.92 Å². The van der Waals surface area contributed by atoms with Gasteiger partial charge < -0.3 is 14.2 Å². The number of hydrogen-bond acceptors (Lipinski definition) is 7. The molecule has 9 nitrogen and oxygen atoms in total. The summed E-state index contributed by atoms with van der Waals surface area (Å²) in [5, 5.41) is 14.8. The van der Waals surface area contributed by atoms with Gasteiger partial charge in [-0.25, -0.2) is 5.43 Å². The number of non-ortho nitro benzene ring substituents is 1. The van der Waals surface area contributed by atoms with E-state index >= 15 is 0 Å². The second kappa shape index (κ2) is 12.7. The van der Waals surface area contributed by atoms with E-state index in [4.69, 9.17) is 14.2 Å². The van der Waals surface area contributed by atoms with Crippen LogP contribution in [0.1, 0.15) is 34.8 Å². The van der Waals surface area contributed by atoms with Gasteiger partial charge >= 0.3 is 0 Å². The van der Waals surface area contributed by atoms with Crippen LogP contribution in [0.3, 0.4) is 0 Å². The zero-order valence-electron chi connectivity index (χ0n) is 19.2. The standard InChI is InChI=1S/C25H24IN3O6/c1-3-12-34-21-10-6-19(7-11-21)25(30)28-27-15-18-13-22(26)24(23(14-18)33-2)35-16-17-4-8-20(9-5-17)29(31)32/h4-11,13-15H,3,12,16H2,1-2H3,(H,28,30)/b27-15+. The number of nitro benzene ring substituents is 1. The van der Waals surface area contributed by atoms with E-state index in [-0.39, 0.29) is 18.2 Å². The first kappa shape index (κ1) is 25.9. The molecule has 0 heterocycles. The first-order valence-electron chi connectivity index (χ1n) is 10.7. The van der Waals surface area contributed by atoms with Gasteiger partial charge in [0, 0.05) is 17.7 Å². The molecule has 0 saturated carbocycles. The molecule has 3 aromatic rings. The van der Waals surface area contributed by atoms with Crippen molar-refractivity contribution < 1.29 is 23.9 Å². The summed E-state index contributed by atoms with van der Waals surface area (Å²) in [6, 6.07) is 16.6. The molecule has 1 amide bonds. The molecule has 0 fully saturated rings. The Morgan fingerprint density at radius 2 is 1.83 bits per heavy atom. The number of nitrogens with zero attached hydrogens (tertiary/aromatic N) is 2. The SMILES string of the molecule is CCCOc1ccc(C(=O)N/N=C/c2cc(I)c(OCc3ccc([N+](=O)[O-])cc3)c(OC)c2)cc1. The van der Waals surface area contributed by atoms with Gasteiger partial charge in [-0.05, 0) is 88.7 Å². The van der Waals surface area contributed by atoms with Crippen molar-refractivity contribution in [2.45, 2.75) is 20.0 Å². The van der Waals surface area contributed by atoms with Gasteiger partial charge in [-0.2, -0.15) is 5.10 Å². The minimum atomic E-state index is -0.446. The summed E-state index contributed by atoms with van der Waals surface area (Å²) >= 11 is 2.12. The highest BCUT2D eigenvalue weighted by atomic mass is 127. The van der Waals surface area contributed by atoms with Gasteiger partial charge in [-0.1, -0.05) is 6.92 Å². The minimum absolute atomic E-state index is 0.0228. The quantitative estimate of drug-likeness (QED) is 0.140. The lowest BCUT2D eigenvalue weighted by atomic mass is 10.2. The lowest BCUT2D eigenvalue weighted by Crippen LogP contribution is -2.17. The van der Waals surface area contributed by atoms with Crippen LogP contribution in [0.15, 0.2) is 65.8 Å². The molecule has 0 bridgehead atoms. The Labute approximate surface area is 216 Å².